The Morgan fingerprint density at radius 3 is 3.05 bits per heavy atom. The predicted octanol–water partition coefficient (Wildman–Crippen LogP) is 1.45. The fourth-order valence-electron chi connectivity index (χ4n) is 2.08. The molecule has 0 radical (unpaired) electrons. The molecule has 2 heterocycles. The third kappa shape index (κ3) is 3.45. The van der Waals surface area contributed by atoms with E-state index in [4.69, 9.17) is 16.3 Å². The third-order valence-corrected chi connectivity index (χ3v) is 4.29. The summed E-state index contributed by atoms with van der Waals surface area (Å²) in [6.07, 6.45) is 0.943. The highest BCUT2D eigenvalue weighted by Crippen LogP contribution is 2.19. The minimum absolute atomic E-state index is 0.00174. The number of hydrogen-bond donors (Lipinski definition) is 0. The van der Waals surface area contributed by atoms with Crippen molar-refractivity contribution in [1.82, 2.24) is 9.88 Å². The van der Waals surface area contributed by atoms with Gasteiger partial charge in [-0.05, 0) is 6.42 Å². The van der Waals surface area contributed by atoms with Crippen LogP contribution in [0, 0.1) is 5.92 Å². The molecule has 0 saturated carbocycles. The van der Waals surface area contributed by atoms with E-state index >= 15 is 0 Å². The van der Waals surface area contributed by atoms with Crippen LogP contribution < -0.4 is 0 Å². The molecule has 19 heavy (non-hydrogen) atoms. The topological polar surface area (TPSA) is 59.5 Å². The average Bonchev–Trinajstić information content (AvgIpc) is 3.06. The standard InChI is InChI=1S/C12H15ClN2O3S/c1-18-12(17)8-2-3-15(6-8)11(16)4-10-14-9(5-13)7-19-10/h7-8H,2-6H2,1H3. The number of halogens is 1. The van der Waals surface area contributed by atoms with E-state index in [1.54, 1.807) is 4.90 Å². The number of carbonyl (C=O) groups excluding carboxylic acids is 2. The molecule has 1 unspecified atom stereocenters. The van der Waals surface area contributed by atoms with Crippen LogP contribution in [0.3, 0.4) is 0 Å². The molecule has 1 aromatic heterocycles. The van der Waals surface area contributed by atoms with Crippen LogP contribution in [0.4, 0.5) is 0 Å². The lowest BCUT2D eigenvalue weighted by molar-refractivity contribution is -0.145. The molecule has 0 spiro atoms. The van der Waals surface area contributed by atoms with Crippen LogP contribution in [0.5, 0.6) is 0 Å². The summed E-state index contributed by atoms with van der Waals surface area (Å²) in [6, 6.07) is 0. The molecule has 0 aromatic carbocycles. The zero-order chi connectivity index (χ0) is 13.8. The number of ether oxygens (including phenoxy) is 1. The monoisotopic (exact) mass is 302 g/mol. The Hall–Kier alpha value is -1.14. The molecule has 1 amide bonds. The molecule has 2 rings (SSSR count). The van der Waals surface area contributed by atoms with Crippen molar-refractivity contribution in [3.05, 3.63) is 16.1 Å². The second-order valence-corrected chi connectivity index (χ2v) is 5.60. The smallest absolute Gasteiger partial charge is 0.310 e. The van der Waals surface area contributed by atoms with Gasteiger partial charge in [-0.1, -0.05) is 0 Å². The molecular formula is C12H15ClN2O3S. The van der Waals surface area contributed by atoms with Crippen LogP contribution in [-0.2, 0) is 26.6 Å². The highest BCUT2D eigenvalue weighted by Gasteiger charge is 2.31. The molecule has 104 valence electrons. The van der Waals surface area contributed by atoms with Crippen molar-refractivity contribution in [2.75, 3.05) is 20.2 Å². The summed E-state index contributed by atoms with van der Waals surface area (Å²) in [6.45, 7) is 1.05. The number of rotatable bonds is 4. The number of nitrogens with zero attached hydrogens (tertiary/aromatic N) is 2. The van der Waals surface area contributed by atoms with Crippen molar-refractivity contribution in [3.63, 3.8) is 0 Å². The van der Waals surface area contributed by atoms with Crippen LogP contribution >= 0.6 is 22.9 Å². The Kier molecular flexibility index (Phi) is 4.76. The normalized spacial score (nSPS) is 18.6. The number of thiazole rings is 1. The summed E-state index contributed by atoms with van der Waals surface area (Å²) in [5.41, 5.74) is 0.795. The lowest BCUT2D eigenvalue weighted by atomic mass is 10.1. The van der Waals surface area contributed by atoms with Crippen molar-refractivity contribution in [2.24, 2.45) is 5.92 Å². The average molecular weight is 303 g/mol. The minimum atomic E-state index is -0.242. The number of carbonyl (C=O) groups is 2. The van der Waals surface area contributed by atoms with Gasteiger partial charge in [-0.25, -0.2) is 4.98 Å². The summed E-state index contributed by atoms with van der Waals surface area (Å²) < 4.78 is 4.70. The molecule has 7 heteroatoms. The van der Waals surface area contributed by atoms with Crippen molar-refractivity contribution in [2.45, 2.75) is 18.7 Å². The largest absolute Gasteiger partial charge is 0.469 e. The van der Waals surface area contributed by atoms with Crippen LogP contribution in [0.15, 0.2) is 5.38 Å². The van der Waals surface area contributed by atoms with Crippen LogP contribution in [0.25, 0.3) is 0 Å². The molecular weight excluding hydrogens is 288 g/mol. The second-order valence-electron chi connectivity index (χ2n) is 4.39. The molecule has 5 nitrogen and oxygen atoms in total. The Labute approximate surface area is 120 Å². The van der Waals surface area contributed by atoms with E-state index in [1.165, 1.54) is 18.4 Å². The van der Waals surface area contributed by atoms with Crippen molar-refractivity contribution < 1.29 is 14.3 Å². The number of alkyl halides is 1. The summed E-state index contributed by atoms with van der Waals surface area (Å²) in [5, 5.41) is 2.62. The van der Waals surface area contributed by atoms with E-state index in [9.17, 15) is 9.59 Å². The number of methoxy groups -OCH3 is 1. The van der Waals surface area contributed by atoms with Crippen LogP contribution in [0.1, 0.15) is 17.1 Å². The van der Waals surface area contributed by atoms with Gasteiger partial charge < -0.3 is 9.64 Å². The van der Waals surface area contributed by atoms with Gasteiger partial charge in [0.25, 0.3) is 0 Å². The summed E-state index contributed by atoms with van der Waals surface area (Å²) >= 11 is 7.11. The van der Waals surface area contributed by atoms with E-state index in [2.05, 4.69) is 4.98 Å². The van der Waals surface area contributed by atoms with Gasteiger partial charge in [-0.15, -0.1) is 22.9 Å². The molecule has 1 aliphatic rings. The predicted molar refractivity (Wildman–Crippen MR) is 72.1 cm³/mol. The number of hydrogen-bond acceptors (Lipinski definition) is 5. The first-order chi connectivity index (χ1) is 9.13. The lowest BCUT2D eigenvalue weighted by Gasteiger charge is -2.15. The Bertz CT molecular complexity index is 477. The van der Waals surface area contributed by atoms with E-state index in [-0.39, 0.29) is 24.2 Å². The van der Waals surface area contributed by atoms with Gasteiger partial charge in [-0.2, -0.15) is 0 Å². The zero-order valence-electron chi connectivity index (χ0n) is 10.6. The molecule has 1 fully saturated rings. The fourth-order valence-corrected chi connectivity index (χ4v) is 3.09. The number of likely N-dealkylation sites (tertiary alicyclic amines) is 1. The number of amides is 1. The van der Waals surface area contributed by atoms with Gasteiger partial charge in [0, 0.05) is 18.5 Å². The maximum Gasteiger partial charge on any atom is 0.310 e. The Balaban J connectivity index is 1.89. The van der Waals surface area contributed by atoms with Gasteiger partial charge in [0.15, 0.2) is 0 Å². The van der Waals surface area contributed by atoms with Gasteiger partial charge in [0.05, 0.1) is 31.0 Å². The highest BCUT2D eigenvalue weighted by molar-refractivity contribution is 7.09. The van der Waals surface area contributed by atoms with E-state index in [1.807, 2.05) is 5.38 Å². The molecule has 1 aliphatic heterocycles. The summed E-state index contributed by atoms with van der Waals surface area (Å²) in [7, 11) is 1.37. The highest BCUT2D eigenvalue weighted by atomic mass is 35.5. The first kappa shape index (κ1) is 14.3. The van der Waals surface area contributed by atoms with Crippen LogP contribution in [0.2, 0.25) is 0 Å². The van der Waals surface area contributed by atoms with Crippen molar-refractivity contribution in [3.8, 4) is 0 Å². The number of esters is 1. The van der Waals surface area contributed by atoms with E-state index in [0.29, 0.717) is 25.4 Å². The molecule has 0 aliphatic carbocycles. The molecule has 1 saturated heterocycles. The lowest BCUT2D eigenvalue weighted by Crippen LogP contribution is -2.31. The SMILES string of the molecule is COC(=O)C1CCN(C(=O)Cc2nc(CCl)cs2)C1. The van der Waals surface area contributed by atoms with Crippen molar-refractivity contribution in [1.29, 1.82) is 0 Å². The zero-order valence-corrected chi connectivity index (χ0v) is 12.2. The fraction of sp³-hybridized carbons (Fsp3) is 0.583. The van der Waals surface area contributed by atoms with Crippen LogP contribution in [-0.4, -0.2) is 42.0 Å². The first-order valence-electron chi connectivity index (χ1n) is 5.99. The third-order valence-electron chi connectivity index (χ3n) is 3.11. The second kappa shape index (κ2) is 6.34. The molecule has 1 atom stereocenters. The van der Waals surface area contributed by atoms with Gasteiger partial charge >= 0.3 is 5.97 Å². The Morgan fingerprint density at radius 1 is 1.63 bits per heavy atom. The number of aromatic nitrogens is 1. The summed E-state index contributed by atoms with van der Waals surface area (Å²) in [5.74, 6) is -0.0711. The van der Waals surface area contributed by atoms with Crippen molar-refractivity contribution >= 4 is 34.8 Å². The summed E-state index contributed by atoms with van der Waals surface area (Å²) in [4.78, 5) is 29.4. The maximum atomic E-state index is 12.1. The van der Waals surface area contributed by atoms with E-state index in [0.717, 1.165) is 10.7 Å². The Morgan fingerprint density at radius 2 is 2.42 bits per heavy atom. The minimum Gasteiger partial charge on any atom is -0.469 e. The first-order valence-corrected chi connectivity index (χ1v) is 7.40. The van der Waals surface area contributed by atoms with Gasteiger partial charge in [-0.3, -0.25) is 9.59 Å². The maximum absolute atomic E-state index is 12.1. The molecule has 0 bridgehead atoms. The molecule has 1 aromatic rings. The van der Waals surface area contributed by atoms with E-state index < -0.39 is 0 Å². The van der Waals surface area contributed by atoms with Gasteiger partial charge in [0.2, 0.25) is 5.91 Å². The van der Waals surface area contributed by atoms with Gasteiger partial charge in [0.1, 0.15) is 5.01 Å². The quantitative estimate of drug-likeness (QED) is 0.624. The molecule has 0 N–H and O–H groups in total.